The van der Waals surface area contributed by atoms with Gasteiger partial charge in [0.25, 0.3) is 5.03 Å². The molecule has 1 atom stereocenters. The number of amides is 2. The normalized spacial score (nSPS) is 11.7. The molecule has 6 nitrogen and oxygen atoms in total. The number of anilines is 1. The maximum atomic E-state index is 12.5. The van der Waals surface area contributed by atoms with Crippen LogP contribution in [0.2, 0.25) is 0 Å². The minimum Gasteiger partial charge on any atom is -0.618 e. The lowest BCUT2D eigenvalue weighted by atomic mass is 10.1. The Kier molecular flexibility index (Phi) is 7.03. The summed E-state index contributed by atoms with van der Waals surface area (Å²) in [6, 6.07) is 12.6. The number of pyridine rings is 1. The summed E-state index contributed by atoms with van der Waals surface area (Å²) >= 11 is 1.17. The zero-order valence-electron chi connectivity index (χ0n) is 15.1. The number of nitrogens with one attached hydrogen (secondary N) is 1. The van der Waals surface area contributed by atoms with Gasteiger partial charge >= 0.3 is 0 Å². The third-order valence-corrected chi connectivity index (χ3v) is 4.98. The lowest BCUT2D eigenvalue weighted by molar-refractivity contribution is -0.645. The van der Waals surface area contributed by atoms with Crippen LogP contribution in [0.4, 0.5) is 5.69 Å². The minimum atomic E-state index is -0.474. The number of para-hydroxylation sites is 1. The van der Waals surface area contributed by atoms with Crippen LogP contribution in [-0.4, -0.2) is 35.6 Å². The SMILES string of the molecule is CCc1ccccc1NC(=O)CN(C)C(=O)C(C)Sc1cccc[n+]1[O-]. The third kappa shape index (κ3) is 5.23. The fourth-order valence-electron chi connectivity index (χ4n) is 2.48. The van der Waals surface area contributed by atoms with E-state index < -0.39 is 5.25 Å². The highest BCUT2D eigenvalue weighted by molar-refractivity contribution is 8.00. The molecule has 1 aromatic heterocycles. The van der Waals surface area contributed by atoms with Crippen molar-refractivity contribution in [2.75, 3.05) is 18.9 Å². The van der Waals surface area contributed by atoms with Gasteiger partial charge in [-0.2, -0.15) is 4.73 Å². The molecule has 0 bridgehead atoms. The van der Waals surface area contributed by atoms with Gasteiger partial charge in [-0.05, 0) is 42.8 Å². The molecule has 0 aliphatic heterocycles. The molecule has 0 spiro atoms. The molecule has 0 aliphatic rings. The maximum Gasteiger partial charge on any atom is 0.252 e. The zero-order chi connectivity index (χ0) is 19.1. The number of aromatic nitrogens is 1. The molecule has 1 N–H and O–H groups in total. The van der Waals surface area contributed by atoms with Gasteiger partial charge in [0, 0.05) is 24.9 Å². The Morgan fingerprint density at radius 3 is 2.62 bits per heavy atom. The van der Waals surface area contributed by atoms with Gasteiger partial charge in [-0.25, -0.2) is 0 Å². The van der Waals surface area contributed by atoms with Crippen molar-refractivity contribution in [2.24, 2.45) is 0 Å². The van der Waals surface area contributed by atoms with E-state index in [9.17, 15) is 14.8 Å². The third-order valence-electron chi connectivity index (χ3n) is 3.86. The number of aryl methyl sites for hydroxylation is 1. The summed E-state index contributed by atoms with van der Waals surface area (Å²) in [5, 5.41) is 14.5. The van der Waals surface area contributed by atoms with E-state index in [-0.39, 0.29) is 18.4 Å². The van der Waals surface area contributed by atoms with Crippen LogP contribution in [-0.2, 0) is 16.0 Å². The highest BCUT2D eigenvalue weighted by Crippen LogP contribution is 2.21. The molecule has 1 unspecified atom stereocenters. The average molecular weight is 373 g/mol. The monoisotopic (exact) mass is 373 g/mol. The van der Waals surface area contributed by atoms with Gasteiger partial charge in [-0.1, -0.05) is 25.1 Å². The number of rotatable bonds is 7. The lowest BCUT2D eigenvalue weighted by Crippen LogP contribution is -2.39. The van der Waals surface area contributed by atoms with Gasteiger partial charge in [0.15, 0.2) is 6.20 Å². The second-order valence-corrected chi connectivity index (χ2v) is 7.24. The van der Waals surface area contributed by atoms with Gasteiger partial charge in [-0.3, -0.25) is 9.59 Å². The van der Waals surface area contributed by atoms with Crippen LogP contribution in [0.15, 0.2) is 53.7 Å². The maximum absolute atomic E-state index is 12.5. The Labute approximate surface area is 157 Å². The molecule has 2 aromatic rings. The molecule has 2 amide bonds. The van der Waals surface area contributed by atoms with Crippen LogP contribution in [0.5, 0.6) is 0 Å². The summed E-state index contributed by atoms with van der Waals surface area (Å²) in [6.07, 6.45) is 2.20. The summed E-state index contributed by atoms with van der Waals surface area (Å²) in [6.45, 7) is 3.69. The van der Waals surface area contributed by atoms with Crippen molar-refractivity contribution in [1.82, 2.24) is 4.90 Å². The largest absolute Gasteiger partial charge is 0.618 e. The summed E-state index contributed by atoms with van der Waals surface area (Å²) in [4.78, 5) is 26.1. The van der Waals surface area contributed by atoms with Crippen LogP contribution < -0.4 is 10.0 Å². The summed E-state index contributed by atoms with van der Waals surface area (Å²) in [7, 11) is 1.58. The van der Waals surface area contributed by atoms with Crippen molar-refractivity contribution in [1.29, 1.82) is 0 Å². The molecule has 0 radical (unpaired) electrons. The van der Waals surface area contributed by atoms with Crippen LogP contribution in [0, 0.1) is 5.21 Å². The molecular weight excluding hydrogens is 350 g/mol. The first-order chi connectivity index (χ1) is 12.4. The number of carbonyl (C=O) groups is 2. The Balaban J connectivity index is 1.93. The standard InChI is InChI=1S/C19H23N3O3S/c1-4-15-9-5-6-10-16(15)20-17(23)13-21(3)19(24)14(2)26-18-11-7-8-12-22(18)25/h5-12,14H,4,13H2,1-3H3,(H,20,23). The number of hydrogen-bond acceptors (Lipinski definition) is 4. The summed E-state index contributed by atoms with van der Waals surface area (Å²) < 4.78 is 0.725. The molecule has 0 aliphatic carbocycles. The second kappa shape index (κ2) is 9.24. The van der Waals surface area contributed by atoms with Gasteiger partial charge in [-0.15, -0.1) is 0 Å². The summed E-state index contributed by atoms with van der Waals surface area (Å²) in [5.74, 6) is -0.463. The van der Waals surface area contributed by atoms with Crippen molar-refractivity contribution in [3.05, 3.63) is 59.4 Å². The van der Waals surface area contributed by atoms with Crippen molar-refractivity contribution in [2.45, 2.75) is 30.5 Å². The molecular formula is C19H23N3O3S. The molecule has 7 heteroatoms. The number of benzene rings is 1. The minimum absolute atomic E-state index is 0.0477. The van der Waals surface area contributed by atoms with E-state index in [1.165, 1.54) is 22.9 Å². The Bertz CT molecular complexity index is 782. The first-order valence-electron chi connectivity index (χ1n) is 8.40. The Morgan fingerprint density at radius 1 is 1.23 bits per heavy atom. The van der Waals surface area contributed by atoms with Gasteiger partial charge < -0.3 is 15.4 Å². The lowest BCUT2D eigenvalue weighted by Gasteiger charge is -2.20. The van der Waals surface area contributed by atoms with Crippen molar-refractivity contribution >= 4 is 29.3 Å². The number of likely N-dealkylation sites (N-methyl/N-ethyl adjacent to an activating group) is 1. The van der Waals surface area contributed by atoms with Crippen LogP contribution in [0.1, 0.15) is 19.4 Å². The van der Waals surface area contributed by atoms with Crippen molar-refractivity contribution in [3.8, 4) is 0 Å². The van der Waals surface area contributed by atoms with E-state index in [1.54, 1.807) is 32.2 Å². The Morgan fingerprint density at radius 2 is 1.92 bits per heavy atom. The highest BCUT2D eigenvalue weighted by atomic mass is 32.2. The average Bonchev–Trinajstić information content (AvgIpc) is 2.63. The molecule has 1 aromatic carbocycles. The molecule has 0 saturated heterocycles. The van der Waals surface area contributed by atoms with Crippen molar-refractivity contribution in [3.63, 3.8) is 0 Å². The molecule has 0 saturated carbocycles. The highest BCUT2D eigenvalue weighted by Gasteiger charge is 2.23. The fraction of sp³-hybridized carbons (Fsp3) is 0.316. The fourth-order valence-corrected chi connectivity index (χ4v) is 3.44. The van der Waals surface area contributed by atoms with E-state index in [2.05, 4.69) is 5.32 Å². The number of hydrogen-bond donors (Lipinski definition) is 1. The first kappa shape index (κ1) is 19.8. The van der Waals surface area contributed by atoms with E-state index in [4.69, 9.17) is 0 Å². The predicted octanol–water partition coefficient (Wildman–Crippen LogP) is 2.46. The van der Waals surface area contributed by atoms with E-state index in [1.807, 2.05) is 31.2 Å². The quantitative estimate of drug-likeness (QED) is 0.459. The number of thioether (sulfide) groups is 1. The van der Waals surface area contributed by atoms with Gasteiger partial charge in [0.05, 0.1) is 11.8 Å². The molecule has 26 heavy (non-hydrogen) atoms. The van der Waals surface area contributed by atoms with Gasteiger partial charge in [0.1, 0.15) is 0 Å². The van der Waals surface area contributed by atoms with Crippen molar-refractivity contribution < 1.29 is 14.3 Å². The topological polar surface area (TPSA) is 76.4 Å². The smallest absolute Gasteiger partial charge is 0.252 e. The van der Waals surface area contributed by atoms with Crippen LogP contribution in [0.3, 0.4) is 0 Å². The molecule has 2 rings (SSSR count). The van der Waals surface area contributed by atoms with E-state index in [0.29, 0.717) is 5.03 Å². The van der Waals surface area contributed by atoms with Crippen LogP contribution in [0.25, 0.3) is 0 Å². The number of carbonyl (C=O) groups excluding carboxylic acids is 2. The van der Waals surface area contributed by atoms with E-state index >= 15 is 0 Å². The molecule has 138 valence electrons. The van der Waals surface area contributed by atoms with Crippen LogP contribution >= 0.6 is 11.8 Å². The summed E-state index contributed by atoms with van der Waals surface area (Å²) in [5.41, 5.74) is 1.81. The van der Waals surface area contributed by atoms with E-state index in [0.717, 1.165) is 22.4 Å². The number of nitrogens with zero attached hydrogens (tertiary/aromatic N) is 2. The Hall–Kier alpha value is -2.54. The molecule has 1 heterocycles. The molecule has 0 fully saturated rings. The van der Waals surface area contributed by atoms with Gasteiger partial charge in [0.2, 0.25) is 11.8 Å². The zero-order valence-corrected chi connectivity index (χ0v) is 16.0. The first-order valence-corrected chi connectivity index (χ1v) is 9.28. The second-order valence-electron chi connectivity index (χ2n) is 5.88. The predicted molar refractivity (Wildman–Crippen MR) is 103 cm³/mol.